The van der Waals surface area contributed by atoms with Crippen LogP contribution in [0.1, 0.15) is 32.3 Å². The number of fused-ring (bicyclic) bond motifs is 3. The minimum atomic E-state index is -0.0893. The fraction of sp³-hybridized carbons (Fsp3) is 0.444. The Morgan fingerprint density at radius 3 is 2.24 bits per heavy atom. The molecule has 1 heterocycles. The van der Waals surface area contributed by atoms with Crippen molar-refractivity contribution in [3.05, 3.63) is 40.4 Å². The molecule has 182 valence electrons. The van der Waals surface area contributed by atoms with Crippen molar-refractivity contribution in [2.75, 3.05) is 41.0 Å². The molecule has 0 bridgehead atoms. The number of likely N-dealkylation sites (tertiary alicyclic amines) is 1. The molecule has 1 amide bonds. The standard InChI is InChI=1S/C27H33BrN2O4/c1-6-29(7-2)27(31)23-9-8-12-30(23)16-22-21-15-25(34-5)24(33-4)14-20(21)19-13-17(32-3)10-11-18(19)26(22)28/h10-11,13-15,23H,6-9,12,16H2,1-5H3/t23-/m0/s1. The molecule has 0 unspecified atom stereocenters. The Morgan fingerprint density at radius 1 is 0.971 bits per heavy atom. The molecule has 0 N–H and O–H groups in total. The third-order valence-corrected chi connectivity index (χ3v) is 7.86. The molecule has 1 atom stereocenters. The van der Waals surface area contributed by atoms with Gasteiger partial charge in [0.15, 0.2) is 11.5 Å². The lowest BCUT2D eigenvalue weighted by molar-refractivity contribution is -0.135. The Labute approximate surface area is 209 Å². The van der Waals surface area contributed by atoms with Crippen LogP contribution in [0, 0.1) is 0 Å². The van der Waals surface area contributed by atoms with Gasteiger partial charge in [0.05, 0.1) is 27.4 Å². The largest absolute Gasteiger partial charge is 0.497 e. The summed E-state index contributed by atoms with van der Waals surface area (Å²) in [5.74, 6) is 2.39. The van der Waals surface area contributed by atoms with Crippen molar-refractivity contribution in [1.82, 2.24) is 9.80 Å². The van der Waals surface area contributed by atoms with Gasteiger partial charge in [-0.15, -0.1) is 0 Å². The highest BCUT2D eigenvalue weighted by Crippen LogP contribution is 2.43. The van der Waals surface area contributed by atoms with Crippen molar-refractivity contribution in [2.24, 2.45) is 0 Å². The molecular formula is C27H33BrN2O4. The average Bonchev–Trinajstić information content (AvgIpc) is 3.34. The van der Waals surface area contributed by atoms with Gasteiger partial charge in [-0.05, 0) is 107 Å². The minimum absolute atomic E-state index is 0.0893. The summed E-state index contributed by atoms with van der Waals surface area (Å²) in [5.41, 5.74) is 1.15. The van der Waals surface area contributed by atoms with E-state index in [0.29, 0.717) is 18.0 Å². The molecule has 4 rings (SSSR count). The van der Waals surface area contributed by atoms with E-state index in [1.165, 1.54) is 0 Å². The second kappa shape index (κ2) is 10.4. The van der Waals surface area contributed by atoms with Crippen LogP contribution >= 0.6 is 15.9 Å². The number of likely N-dealkylation sites (N-methyl/N-ethyl adjacent to an activating group) is 1. The summed E-state index contributed by atoms with van der Waals surface area (Å²) in [5, 5.41) is 4.31. The van der Waals surface area contributed by atoms with Gasteiger partial charge in [0, 0.05) is 24.1 Å². The van der Waals surface area contributed by atoms with E-state index in [-0.39, 0.29) is 11.9 Å². The van der Waals surface area contributed by atoms with Crippen molar-refractivity contribution in [3.63, 3.8) is 0 Å². The third-order valence-electron chi connectivity index (χ3n) is 6.95. The molecule has 1 aliphatic rings. The normalized spacial score (nSPS) is 16.2. The van der Waals surface area contributed by atoms with Crippen molar-refractivity contribution >= 4 is 43.4 Å². The lowest BCUT2D eigenvalue weighted by Gasteiger charge is -2.30. The zero-order chi connectivity index (χ0) is 24.4. The van der Waals surface area contributed by atoms with Crippen LogP contribution in [0.3, 0.4) is 0 Å². The van der Waals surface area contributed by atoms with Crippen LogP contribution in [-0.4, -0.2) is 62.7 Å². The zero-order valence-electron chi connectivity index (χ0n) is 20.6. The van der Waals surface area contributed by atoms with E-state index >= 15 is 0 Å². The van der Waals surface area contributed by atoms with E-state index in [2.05, 4.69) is 33.0 Å². The van der Waals surface area contributed by atoms with Gasteiger partial charge < -0.3 is 19.1 Å². The third kappa shape index (κ3) is 4.31. The van der Waals surface area contributed by atoms with Crippen LogP contribution < -0.4 is 14.2 Å². The summed E-state index contributed by atoms with van der Waals surface area (Å²) in [6.07, 6.45) is 1.92. The smallest absolute Gasteiger partial charge is 0.239 e. The number of carbonyl (C=O) groups excluding carboxylic acids is 1. The Kier molecular flexibility index (Phi) is 7.53. The highest BCUT2D eigenvalue weighted by atomic mass is 79.9. The SMILES string of the molecule is CCN(CC)C(=O)[C@@H]1CCCN1Cc1c(Br)c2ccc(OC)cc2c2cc(OC)c(OC)cc12. The van der Waals surface area contributed by atoms with Crippen LogP contribution in [0.4, 0.5) is 0 Å². The molecule has 1 aliphatic heterocycles. The number of carbonyl (C=O) groups is 1. The van der Waals surface area contributed by atoms with E-state index in [1.807, 2.05) is 36.9 Å². The quantitative estimate of drug-likeness (QED) is 0.355. The van der Waals surface area contributed by atoms with Crippen molar-refractivity contribution in [2.45, 2.75) is 39.3 Å². The van der Waals surface area contributed by atoms with Gasteiger partial charge in [-0.2, -0.15) is 0 Å². The summed E-state index contributed by atoms with van der Waals surface area (Å²) >= 11 is 3.92. The lowest BCUT2D eigenvalue weighted by Crippen LogP contribution is -2.45. The number of rotatable bonds is 8. The first-order valence-corrected chi connectivity index (χ1v) is 12.6. The first-order chi connectivity index (χ1) is 16.5. The van der Waals surface area contributed by atoms with Crippen molar-refractivity contribution < 1.29 is 19.0 Å². The van der Waals surface area contributed by atoms with Gasteiger partial charge in [-0.3, -0.25) is 9.69 Å². The highest BCUT2D eigenvalue weighted by Gasteiger charge is 2.33. The van der Waals surface area contributed by atoms with Crippen molar-refractivity contribution in [1.29, 1.82) is 0 Å². The van der Waals surface area contributed by atoms with Gasteiger partial charge in [0.1, 0.15) is 5.75 Å². The highest BCUT2D eigenvalue weighted by molar-refractivity contribution is 9.10. The second-order valence-electron chi connectivity index (χ2n) is 8.60. The van der Waals surface area contributed by atoms with Gasteiger partial charge in [-0.25, -0.2) is 0 Å². The Bertz CT molecular complexity index is 1210. The average molecular weight is 529 g/mol. The number of methoxy groups -OCH3 is 3. The van der Waals surface area contributed by atoms with Crippen molar-refractivity contribution in [3.8, 4) is 17.2 Å². The van der Waals surface area contributed by atoms with E-state index in [1.54, 1.807) is 21.3 Å². The summed E-state index contributed by atoms with van der Waals surface area (Å²) < 4.78 is 17.8. The summed E-state index contributed by atoms with van der Waals surface area (Å²) in [6.45, 7) is 7.14. The van der Waals surface area contributed by atoms with Gasteiger partial charge in [-0.1, -0.05) is 0 Å². The number of benzene rings is 3. The molecule has 3 aromatic carbocycles. The van der Waals surface area contributed by atoms with Crippen LogP contribution in [0.15, 0.2) is 34.8 Å². The second-order valence-corrected chi connectivity index (χ2v) is 9.39. The predicted octanol–water partition coefficient (Wildman–Crippen LogP) is 5.61. The molecule has 3 aromatic rings. The fourth-order valence-corrected chi connectivity index (χ4v) is 5.78. The first kappa shape index (κ1) is 24.6. The van der Waals surface area contributed by atoms with Crippen LogP contribution in [0.25, 0.3) is 21.5 Å². The van der Waals surface area contributed by atoms with Gasteiger partial charge >= 0.3 is 0 Å². The molecule has 34 heavy (non-hydrogen) atoms. The molecule has 0 saturated carbocycles. The number of nitrogens with zero attached hydrogens (tertiary/aromatic N) is 2. The van der Waals surface area contributed by atoms with Gasteiger partial charge in [0.2, 0.25) is 5.91 Å². The molecule has 6 nitrogen and oxygen atoms in total. The number of hydrogen-bond acceptors (Lipinski definition) is 5. The molecular weight excluding hydrogens is 496 g/mol. The molecule has 0 aromatic heterocycles. The predicted molar refractivity (Wildman–Crippen MR) is 140 cm³/mol. The Morgan fingerprint density at radius 2 is 1.62 bits per heavy atom. The molecule has 0 spiro atoms. The van der Waals surface area contributed by atoms with E-state index in [4.69, 9.17) is 14.2 Å². The van der Waals surface area contributed by atoms with E-state index in [0.717, 1.165) is 69.8 Å². The number of hydrogen-bond donors (Lipinski definition) is 0. The Balaban J connectivity index is 1.89. The maximum absolute atomic E-state index is 13.2. The van der Waals surface area contributed by atoms with E-state index in [9.17, 15) is 4.79 Å². The number of halogens is 1. The monoisotopic (exact) mass is 528 g/mol. The zero-order valence-corrected chi connectivity index (χ0v) is 22.2. The summed E-state index contributed by atoms with van der Waals surface area (Å²) in [7, 11) is 4.98. The Hall–Kier alpha value is -2.51. The molecule has 1 saturated heterocycles. The summed E-state index contributed by atoms with van der Waals surface area (Å²) in [6, 6.07) is 10.1. The molecule has 0 aliphatic carbocycles. The molecule has 7 heteroatoms. The molecule has 0 radical (unpaired) electrons. The maximum Gasteiger partial charge on any atom is 0.239 e. The number of ether oxygens (including phenoxy) is 3. The lowest BCUT2D eigenvalue weighted by atomic mass is 9.95. The summed E-state index contributed by atoms with van der Waals surface area (Å²) in [4.78, 5) is 17.5. The molecule has 1 fully saturated rings. The van der Waals surface area contributed by atoms with Gasteiger partial charge in [0.25, 0.3) is 0 Å². The number of amides is 1. The fourth-order valence-electron chi connectivity index (χ4n) is 5.10. The maximum atomic E-state index is 13.2. The first-order valence-electron chi connectivity index (χ1n) is 11.8. The van der Waals surface area contributed by atoms with Crippen LogP contribution in [0.5, 0.6) is 17.2 Å². The van der Waals surface area contributed by atoms with Crippen LogP contribution in [0.2, 0.25) is 0 Å². The minimum Gasteiger partial charge on any atom is -0.497 e. The topological polar surface area (TPSA) is 51.2 Å². The van der Waals surface area contributed by atoms with E-state index < -0.39 is 0 Å². The van der Waals surface area contributed by atoms with Crippen LogP contribution in [-0.2, 0) is 11.3 Å².